The quantitative estimate of drug-likeness (QED) is 0.322. The maximum Gasteiger partial charge on any atom is 0.320 e. The predicted molar refractivity (Wildman–Crippen MR) is 136 cm³/mol. The largest absolute Gasteiger partial charge is 0.458 e. The molecule has 0 spiro atoms. The lowest BCUT2D eigenvalue weighted by molar-refractivity contribution is 0.199. The van der Waals surface area contributed by atoms with Crippen molar-refractivity contribution in [1.29, 1.82) is 0 Å². The molecule has 0 unspecified atom stereocenters. The van der Waals surface area contributed by atoms with E-state index in [1.54, 1.807) is 30.7 Å². The number of fused-ring (bicyclic) bond motifs is 1. The summed E-state index contributed by atoms with van der Waals surface area (Å²) in [4.78, 5) is 22.1. The topological polar surface area (TPSA) is 109 Å². The van der Waals surface area contributed by atoms with Crippen molar-refractivity contribution < 1.29 is 14.3 Å². The van der Waals surface area contributed by atoms with Gasteiger partial charge in [-0.1, -0.05) is 6.07 Å². The van der Waals surface area contributed by atoms with Gasteiger partial charge in [0.15, 0.2) is 0 Å². The Morgan fingerprint density at radius 3 is 2.89 bits per heavy atom. The third kappa shape index (κ3) is 6.16. The molecule has 2 aliphatic rings. The molecule has 0 atom stereocenters. The number of allylic oxidation sites excluding steroid dienone is 2. The van der Waals surface area contributed by atoms with Crippen molar-refractivity contribution in [3.05, 3.63) is 66.0 Å². The third-order valence-corrected chi connectivity index (χ3v) is 6.72. The van der Waals surface area contributed by atoms with Gasteiger partial charge in [-0.25, -0.2) is 4.79 Å². The molecule has 3 aromatic heterocycles. The fourth-order valence-electron chi connectivity index (χ4n) is 3.55. The van der Waals surface area contributed by atoms with Crippen LogP contribution in [0.15, 0.2) is 60.4 Å². The highest BCUT2D eigenvalue weighted by molar-refractivity contribution is 7.22. The van der Waals surface area contributed by atoms with Crippen molar-refractivity contribution in [3.63, 3.8) is 0 Å². The van der Waals surface area contributed by atoms with Gasteiger partial charge in [0, 0.05) is 44.7 Å². The number of carbonyl (C=O) groups excluding carboxylic acids is 1. The Balaban J connectivity index is 1.25. The molecular formula is C25H28N6O3S. The van der Waals surface area contributed by atoms with Crippen molar-refractivity contribution in [2.45, 2.75) is 25.4 Å². The van der Waals surface area contributed by atoms with Crippen molar-refractivity contribution in [2.24, 2.45) is 0 Å². The van der Waals surface area contributed by atoms with E-state index in [2.05, 4.69) is 37.3 Å². The zero-order valence-electron chi connectivity index (χ0n) is 19.5. The number of dihydropyridines is 1. The lowest BCUT2D eigenvalue weighted by Gasteiger charge is -2.18. The molecule has 1 fully saturated rings. The number of nitrogens with zero attached hydrogens (tertiary/aromatic N) is 2. The Morgan fingerprint density at radius 1 is 1.23 bits per heavy atom. The number of hydrogen-bond acceptors (Lipinski definition) is 8. The third-order valence-electron chi connectivity index (χ3n) is 5.56. The zero-order chi connectivity index (χ0) is 24.0. The van der Waals surface area contributed by atoms with Crippen LogP contribution < -0.4 is 26.0 Å². The van der Waals surface area contributed by atoms with E-state index < -0.39 is 0 Å². The molecule has 2 amide bonds. The van der Waals surface area contributed by atoms with Crippen LogP contribution in [0.3, 0.4) is 0 Å². The number of carbonyl (C=O) groups is 1. The summed E-state index contributed by atoms with van der Waals surface area (Å²) in [5.74, 6) is 2.15. The molecule has 1 aliphatic carbocycles. The van der Waals surface area contributed by atoms with Gasteiger partial charge >= 0.3 is 6.03 Å². The average molecular weight is 493 g/mol. The second kappa shape index (κ2) is 10.9. The first kappa shape index (κ1) is 23.3. The van der Waals surface area contributed by atoms with Gasteiger partial charge in [-0.15, -0.1) is 11.3 Å². The molecule has 1 aliphatic heterocycles. The van der Waals surface area contributed by atoms with Gasteiger partial charge in [0.2, 0.25) is 0 Å². The number of nitrogens with one attached hydrogen (secondary N) is 4. The van der Waals surface area contributed by atoms with E-state index in [-0.39, 0.29) is 6.03 Å². The minimum Gasteiger partial charge on any atom is -0.458 e. The lowest BCUT2D eigenvalue weighted by atomic mass is 10.2. The maximum absolute atomic E-state index is 11.9. The van der Waals surface area contributed by atoms with Crippen LogP contribution in [0.2, 0.25) is 0 Å². The van der Waals surface area contributed by atoms with Gasteiger partial charge in [0.05, 0.1) is 33.9 Å². The van der Waals surface area contributed by atoms with Gasteiger partial charge in [0.1, 0.15) is 17.3 Å². The summed E-state index contributed by atoms with van der Waals surface area (Å²) < 4.78 is 12.2. The first-order chi connectivity index (χ1) is 17.2. The molecule has 5 rings (SSSR count). The van der Waals surface area contributed by atoms with Gasteiger partial charge in [0.25, 0.3) is 0 Å². The van der Waals surface area contributed by atoms with E-state index in [0.717, 1.165) is 63.8 Å². The number of pyridine rings is 2. The van der Waals surface area contributed by atoms with Crippen LogP contribution in [0.1, 0.15) is 18.4 Å². The molecule has 9 nitrogen and oxygen atoms in total. The van der Waals surface area contributed by atoms with Crippen LogP contribution in [-0.4, -0.2) is 48.8 Å². The second-order valence-corrected chi connectivity index (χ2v) is 9.45. The van der Waals surface area contributed by atoms with Gasteiger partial charge < -0.3 is 25.4 Å². The van der Waals surface area contributed by atoms with Crippen molar-refractivity contribution >= 4 is 27.6 Å². The Kier molecular flexibility index (Phi) is 7.22. The van der Waals surface area contributed by atoms with Crippen molar-refractivity contribution in [3.8, 4) is 16.3 Å². The molecule has 4 N–H and O–H groups in total. The van der Waals surface area contributed by atoms with Gasteiger partial charge in [-0.05, 0) is 42.7 Å². The summed E-state index contributed by atoms with van der Waals surface area (Å²) in [5.41, 5.74) is 2.90. The minimum absolute atomic E-state index is 0.185. The van der Waals surface area contributed by atoms with Crippen LogP contribution in [0.4, 0.5) is 4.79 Å². The van der Waals surface area contributed by atoms with E-state index in [1.165, 1.54) is 0 Å². The van der Waals surface area contributed by atoms with Crippen LogP contribution in [0.5, 0.6) is 5.75 Å². The summed E-state index contributed by atoms with van der Waals surface area (Å²) in [5, 5.41) is 12.2. The van der Waals surface area contributed by atoms with E-state index in [9.17, 15) is 4.79 Å². The molecule has 35 heavy (non-hydrogen) atoms. The molecular weight excluding hydrogens is 464 g/mol. The summed E-state index contributed by atoms with van der Waals surface area (Å²) >= 11 is 1.61. The number of amides is 2. The van der Waals surface area contributed by atoms with Crippen molar-refractivity contribution in [1.82, 2.24) is 31.2 Å². The molecule has 182 valence electrons. The molecule has 3 aromatic rings. The minimum atomic E-state index is -0.185. The Labute approximate surface area is 207 Å². The monoisotopic (exact) mass is 492 g/mol. The van der Waals surface area contributed by atoms with Gasteiger partial charge in [-0.2, -0.15) is 0 Å². The van der Waals surface area contributed by atoms with Crippen LogP contribution >= 0.6 is 11.3 Å². The molecule has 0 saturated heterocycles. The maximum atomic E-state index is 11.9. The van der Waals surface area contributed by atoms with Crippen LogP contribution in [0, 0.1) is 0 Å². The van der Waals surface area contributed by atoms with E-state index in [4.69, 9.17) is 9.47 Å². The Hall–Kier alpha value is -3.47. The molecule has 4 heterocycles. The zero-order valence-corrected chi connectivity index (χ0v) is 20.3. The molecule has 10 heteroatoms. The number of thiophene rings is 1. The van der Waals surface area contributed by atoms with E-state index in [0.29, 0.717) is 25.0 Å². The Bertz CT molecular complexity index is 1250. The SMILES string of the molecule is COCCNCc1ccc(-c2cc3nccc(OC4=CC=C(NC(=O)NC5CC5)NC4)c3s2)nc1. The fourth-order valence-corrected chi connectivity index (χ4v) is 4.59. The highest BCUT2D eigenvalue weighted by atomic mass is 32.1. The normalized spacial score (nSPS) is 15.2. The highest BCUT2D eigenvalue weighted by Crippen LogP contribution is 2.37. The number of rotatable bonds is 10. The predicted octanol–water partition coefficient (Wildman–Crippen LogP) is 3.26. The second-order valence-electron chi connectivity index (χ2n) is 8.40. The molecule has 0 radical (unpaired) electrons. The number of hydrogen-bond donors (Lipinski definition) is 4. The fraction of sp³-hybridized carbons (Fsp3) is 0.320. The molecule has 0 bridgehead atoms. The number of aromatic nitrogens is 2. The average Bonchev–Trinajstić information content (AvgIpc) is 3.57. The number of ether oxygens (including phenoxy) is 2. The summed E-state index contributed by atoms with van der Waals surface area (Å²) in [6, 6.07) is 8.15. The smallest absolute Gasteiger partial charge is 0.320 e. The van der Waals surface area contributed by atoms with Gasteiger partial charge in [-0.3, -0.25) is 15.3 Å². The number of methoxy groups -OCH3 is 1. The van der Waals surface area contributed by atoms with Crippen LogP contribution in [-0.2, 0) is 11.3 Å². The summed E-state index contributed by atoms with van der Waals surface area (Å²) in [6.07, 6.45) is 9.42. The Morgan fingerprint density at radius 2 is 2.14 bits per heavy atom. The summed E-state index contributed by atoms with van der Waals surface area (Å²) in [7, 11) is 1.69. The van der Waals surface area contributed by atoms with Crippen LogP contribution in [0.25, 0.3) is 20.8 Å². The van der Waals surface area contributed by atoms with E-state index in [1.807, 2.05) is 30.5 Å². The molecule has 0 aromatic carbocycles. The highest BCUT2D eigenvalue weighted by Gasteiger charge is 2.23. The lowest BCUT2D eigenvalue weighted by Crippen LogP contribution is -2.41. The molecule has 1 saturated carbocycles. The first-order valence-corrected chi connectivity index (χ1v) is 12.4. The summed E-state index contributed by atoms with van der Waals surface area (Å²) in [6.45, 7) is 2.71. The standard InChI is InChI=1S/C25H28N6O3S/c1-33-11-10-26-13-16-2-6-19(28-14-16)22-12-20-24(35-22)21(8-9-27-20)34-18-5-7-23(29-15-18)31-25(32)30-17-3-4-17/h2,5-9,12,14,17,26,29H,3-4,10-11,13,15H2,1H3,(H2,30,31,32). The van der Waals surface area contributed by atoms with E-state index >= 15 is 0 Å². The number of urea groups is 1. The first-order valence-electron chi connectivity index (χ1n) is 11.6. The van der Waals surface area contributed by atoms with Crippen molar-refractivity contribution in [2.75, 3.05) is 26.8 Å².